The van der Waals surface area contributed by atoms with Crippen molar-refractivity contribution < 1.29 is 4.74 Å². The molecule has 0 saturated heterocycles. The van der Waals surface area contributed by atoms with E-state index in [2.05, 4.69) is 39.1 Å². The number of rotatable bonds is 8. The van der Waals surface area contributed by atoms with Crippen LogP contribution in [0.5, 0.6) is 0 Å². The Morgan fingerprint density at radius 1 is 1.41 bits per heavy atom. The molecule has 3 heteroatoms. The zero-order chi connectivity index (χ0) is 12.7. The zero-order valence-electron chi connectivity index (χ0n) is 11.5. The molecule has 0 unspecified atom stereocenters. The lowest BCUT2D eigenvalue weighted by Gasteiger charge is -2.05. The lowest BCUT2D eigenvalue weighted by Crippen LogP contribution is -2.21. The molecule has 0 aliphatic carbocycles. The van der Waals surface area contributed by atoms with Crippen LogP contribution < -0.4 is 5.32 Å². The number of hydrogen-bond donors (Lipinski definition) is 1. The second kappa shape index (κ2) is 7.85. The van der Waals surface area contributed by atoms with Gasteiger partial charge in [0.25, 0.3) is 0 Å². The third-order valence-corrected chi connectivity index (χ3v) is 3.75. The quantitative estimate of drug-likeness (QED) is 0.712. The summed E-state index contributed by atoms with van der Waals surface area (Å²) in [5.74, 6) is 0. The van der Waals surface area contributed by atoms with Crippen LogP contribution in [0.2, 0.25) is 0 Å². The van der Waals surface area contributed by atoms with Gasteiger partial charge in [-0.15, -0.1) is 11.3 Å². The van der Waals surface area contributed by atoms with E-state index in [0.29, 0.717) is 6.04 Å². The molecule has 0 aromatic carbocycles. The van der Waals surface area contributed by atoms with Crippen LogP contribution in [0.25, 0.3) is 0 Å². The molecule has 1 N–H and O–H groups in total. The average Bonchev–Trinajstić information content (AvgIpc) is 2.63. The van der Waals surface area contributed by atoms with Crippen LogP contribution in [0.15, 0.2) is 6.07 Å². The SMILES string of the molecule is CCCCOCc1cc(CNC(C)C)sc1C. The fourth-order valence-corrected chi connectivity index (χ4v) is 2.55. The monoisotopic (exact) mass is 255 g/mol. The van der Waals surface area contributed by atoms with Gasteiger partial charge < -0.3 is 10.1 Å². The zero-order valence-corrected chi connectivity index (χ0v) is 12.3. The van der Waals surface area contributed by atoms with E-state index < -0.39 is 0 Å². The Labute approximate surface area is 109 Å². The summed E-state index contributed by atoms with van der Waals surface area (Å²) in [7, 11) is 0. The van der Waals surface area contributed by atoms with Gasteiger partial charge in [-0.2, -0.15) is 0 Å². The van der Waals surface area contributed by atoms with Crippen molar-refractivity contribution in [3.05, 3.63) is 21.4 Å². The van der Waals surface area contributed by atoms with E-state index in [-0.39, 0.29) is 0 Å². The predicted molar refractivity (Wildman–Crippen MR) is 75.6 cm³/mol. The van der Waals surface area contributed by atoms with Gasteiger partial charge in [0, 0.05) is 28.9 Å². The molecular weight excluding hydrogens is 230 g/mol. The van der Waals surface area contributed by atoms with Gasteiger partial charge in [0.15, 0.2) is 0 Å². The standard InChI is InChI=1S/C14H25NOS/c1-5-6-7-16-10-13-8-14(17-12(13)4)9-15-11(2)3/h8,11,15H,5-7,9-10H2,1-4H3. The second-order valence-electron chi connectivity index (χ2n) is 4.74. The summed E-state index contributed by atoms with van der Waals surface area (Å²) in [6, 6.07) is 2.82. The summed E-state index contributed by atoms with van der Waals surface area (Å²) in [6.45, 7) is 11.3. The molecule has 1 heterocycles. The maximum atomic E-state index is 5.67. The second-order valence-corrected chi connectivity index (χ2v) is 6.08. The van der Waals surface area contributed by atoms with Crippen LogP contribution in [0.3, 0.4) is 0 Å². The first kappa shape index (κ1) is 14.7. The van der Waals surface area contributed by atoms with Crippen LogP contribution in [-0.2, 0) is 17.9 Å². The Morgan fingerprint density at radius 2 is 2.18 bits per heavy atom. The highest BCUT2D eigenvalue weighted by Gasteiger charge is 2.05. The number of unbranched alkanes of at least 4 members (excludes halogenated alkanes) is 1. The number of aryl methyl sites for hydroxylation is 1. The van der Waals surface area contributed by atoms with Crippen molar-refractivity contribution >= 4 is 11.3 Å². The minimum absolute atomic E-state index is 0.543. The first-order valence-corrected chi connectivity index (χ1v) is 7.34. The lowest BCUT2D eigenvalue weighted by atomic mass is 10.2. The molecule has 0 fully saturated rings. The Balaban J connectivity index is 2.39. The summed E-state index contributed by atoms with van der Waals surface area (Å²) in [5.41, 5.74) is 1.35. The van der Waals surface area contributed by atoms with Crippen molar-refractivity contribution in [2.24, 2.45) is 0 Å². The van der Waals surface area contributed by atoms with Crippen LogP contribution in [0.4, 0.5) is 0 Å². The van der Waals surface area contributed by atoms with Gasteiger partial charge in [-0.05, 0) is 25.0 Å². The molecule has 1 aromatic heterocycles. The molecule has 0 saturated carbocycles. The Kier molecular flexibility index (Phi) is 6.78. The summed E-state index contributed by atoms with van der Waals surface area (Å²) >= 11 is 1.88. The summed E-state index contributed by atoms with van der Waals surface area (Å²) in [5, 5.41) is 3.45. The molecule has 1 aromatic rings. The Hall–Kier alpha value is -0.380. The normalized spacial score (nSPS) is 11.4. The molecule has 0 aliphatic heterocycles. The minimum atomic E-state index is 0.543. The van der Waals surface area contributed by atoms with Crippen molar-refractivity contribution in [3.63, 3.8) is 0 Å². The maximum Gasteiger partial charge on any atom is 0.0727 e. The Morgan fingerprint density at radius 3 is 2.82 bits per heavy atom. The minimum Gasteiger partial charge on any atom is -0.377 e. The predicted octanol–water partition coefficient (Wildman–Crippen LogP) is 3.87. The summed E-state index contributed by atoms with van der Waals surface area (Å²) in [4.78, 5) is 2.80. The molecule has 17 heavy (non-hydrogen) atoms. The van der Waals surface area contributed by atoms with E-state index in [0.717, 1.165) is 26.2 Å². The first-order chi connectivity index (χ1) is 8.13. The van der Waals surface area contributed by atoms with Crippen LogP contribution >= 0.6 is 11.3 Å². The smallest absolute Gasteiger partial charge is 0.0727 e. The molecule has 98 valence electrons. The molecule has 0 atom stereocenters. The molecule has 0 radical (unpaired) electrons. The highest BCUT2D eigenvalue weighted by atomic mass is 32.1. The third-order valence-electron chi connectivity index (χ3n) is 2.66. The topological polar surface area (TPSA) is 21.3 Å². The summed E-state index contributed by atoms with van der Waals surface area (Å²) < 4.78 is 5.67. The largest absolute Gasteiger partial charge is 0.377 e. The molecule has 2 nitrogen and oxygen atoms in total. The maximum absolute atomic E-state index is 5.67. The molecule has 0 bridgehead atoms. The van der Waals surface area contributed by atoms with Gasteiger partial charge in [-0.3, -0.25) is 0 Å². The van der Waals surface area contributed by atoms with Gasteiger partial charge >= 0.3 is 0 Å². The van der Waals surface area contributed by atoms with E-state index in [9.17, 15) is 0 Å². The molecule has 0 aliphatic rings. The van der Waals surface area contributed by atoms with Gasteiger partial charge in [0.05, 0.1) is 6.61 Å². The van der Waals surface area contributed by atoms with Crippen LogP contribution in [0.1, 0.15) is 48.9 Å². The average molecular weight is 255 g/mol. The van der Waals surface area contributed by atoms with E-state index in [4.69, 9.17) is 4.74 Å². The number of nitrogens with one attached hydrogen (secondary N) is 1. The number of ether oxygens (including phenoxy) is 1. The van der Waals surface area contributed by atoms with Gasteiger partial charge in [-0.25, -0.2) is 0 Å². The van der Waals surface area contributed by atoms with E-state index in [1.165, 1.54) is 21.7 Å². The van der Waals surface area contributed by atoms with Crippen LogP contribution in [0, 0.1) is 6.92 Å². The van der Waals surface area contributed by atoms with Crippen molar-refractivity contribution in [1.29, 1.82) is 0 Å². The summed E-state index contributed by atoms with van der Waals surface area (Å²) in [6.07, 6.45) is 2.36. The van der Waals surface area contributed by atoms with E-state index in [1.807, 2.05) is 11.3 Å². The van der Waals surface area contributed by atoms with Crippen molar-refractivity contribution in [1.82, 2.24) is 5.32 Å². The molecule has 0 spiro atoms. The fraction of sp³-hybridized carbons (Fsp3) is 0.714. The fourth-order valence-electron chi connectivity index (χ4n) is 1.55. The van der Waals surface area contributed by atoms with E-state index >= 15 is 0 Å². The van der Waals surface area contributed by atoms with Gasteiger partial charge in [0.2, 0.25) is 0 Å². The number of hydrogen-bond acceptors (Lipinski definition) is 3. The van der Waals surface area contributed by atoms with Crippen molar-refractivity contribution in [2.45, 2.75) is 59.7 Å². The van der Waals surface area contributed by atoms with Crippen molar-refractivity contribution in [3.8, 4) is 0 Å². The van der Waals surface area contributed by atoms with Crippen LogP contribution in [-0.4, -0.2) is 12.6 Å². The molecular formula is C14H25NOS. The number of thiophene rings is 1. The molecule has 0 amide bonds. The molecule has 1 rings (SSSR count). The van der Waals surface area contributed by atoms with Gasteiger partial charge in [-0.1, -0.05) is 27.2 Å². The van der Waals surface area contributed by atoms with E-state index in [1.54, 1.807) is 0 Å². The highest BCUT2D eigenvalue weighted by molar-refractivity contribution is 7.12. The lowest BCUT2D eigenvalue weighted by molar-refractivity contribution is 0.118. The van der Waals surface area contributed by atoms with Gasteiger partial charge in [0.1, 0.15) is 0 Å². The van der Waals surface area contributed by atoms with Crippen molar-refractivity contribution in [2.75, 3.05) is 6.61 Å². The Bertz CT molecular complexity index is 320. The highest BCUT2D eigenvalue weighted by Crippen LogP contribution is 2.22. The first-order valence-electron chi connectivity index (χ1n) is 6.52. The third kappa shape index (κ3) is 5.66.